The summed E-state index contributed by atoms with van der Waals surface area (Å²) < 4.78 is 33.3. The molecule has 2 aromatic rings. The average Bonchev–Trinajstić information content (AvgIpc) is 2.69. The normalized spacial score (nSPS) is 17.5. The molecule has 0 spiro atoms. The third-order valence-corrected chi connectivity index (χ3v) is 7.19. The Balaban J connectivity index is 1.74. The van der Waals surface area contributed by atoms with Gasteiger partial charge in [-0.2, -0.15) is 4.31 Å². The molecule has 3 rings (SSSR count). The van der Waals surface area contributed by atoms with Crippen LogP contribution in [0.2, 0.25) is 0 Å². The minimum Gasteiger partial charge on any atom is -0.494 e. The summed E-state index contributed by atoms with van der Waals surface area (Å²) in [7, 11) is -3.67. The highest BCUT2D eigenvalue weighted by molar-refractivity contribution is 7.89. The highest BCUT2D eigenvalue weighted by Gasteiger charge is 2.33. The van der Waals surface area contributed by atoms with Gasteiger partial charge >= 0.3 is 0 Å². The summed E-state index contributed by atoms with van der Waals surface area (Å²) in [5.74, 6) is 0.168. The van der Waals surface area contributed by atoms with E-state index in [9.17, 15) is 13.2 Å². The monoisotopic (exact) mass is 430 g/mol. The lowest BCUT2D eigenvalue weighted by molar-refractivity contribution is -0.120. The maximum atomic E-state index is 13.2. The van der Waals surface area contributed by atoms with E-state index in [-0.39, 0.29) is 23.3 Å². The van der Waals surface area contributed by atoms with Gasteiger partial charge in [0.1, 0.15) is 5.75 Å². The number of nitrogens with zero attached hydrogens (tertiary/aromatic N) is 1. The molecule has 0 bridgehead atoms. The lowest BCUT2D eigenvalue weighted by atomic mass is 9.98. The maximum absolute atomic E-state index is 13.2. The van der Waals surface area contributed by atoms with Crippen LogP contribution in [-0.4, -0.2) is 38.3 Å². The van der Waals surface area contributed by atoms with Crippen molar-refractivity contribution in [3.8, 4) is 5.75 Å². The summed E-state index contributed by atoms with van der Waals surface area (Å²) in [6, 6.07) is 10.8. The van der Waals surface area contributed by atoms with E-state index in [1.165, 1.54) is 4.31 Å². The van der Waals surface area contributed by atoms with Gasteiger partial charge in [0.25, 0.3) is 0 Å². The van der Waals surface area contributed by atoms with Gasteiger partial charge in [-0.15, -0.1) is 0 Å². The first-order valence-electron chi connectivity index (χ1n) is 10.3. The van der Waals surface area contributed by atoms with Crippen molar-refractivity contribution in [1.29, 1.82) is 0 Å². The fraction of sp³-hybridized carbons (Fsp3) is 0.435. The molecular weight excluding hydrogens is 400 g/mol. The van der Waals surface area contributed by atoms with Crippen molar-refractivity contribution in [3.05, 3.63) is 53.1 Å². The van der Waals surface area contributed by atoms with Gasteiger partial charge in [-0.25, -0.2) is 8.42 Å². The number of hydrogen-bond donors (Lipinski definition) is 1. The fourth-order valence-electron chi connectivity index (χ4n) is 3.91. The van der Waals surface area contributed by atoms with Gasteiger partial charge in [0.2, 0.25) is 15.9 Å². The molecule has 1 amide bonds. The molecule has 1 fully saturated rings. The Labute approximate surface area is 179 Å². The lowest BCUT2D eigenvalue weighted by Crippen LogP contribution is -2.43. The van der Waals surface area contributed by atoms with Crippen LogP contribution in [0.4, 0.5) is 5.69 Å². The van der Waals surface area contributed by atoms with Crippen LogP contribution in [0.1, 0.15) is 36.5 Å². The summed E-state index contributed by atoms with van der Waals surface area (Å²) in [6.07, 6.45) is 1.32. The molecule has 2 aromatic carbocycles. The second-order valence-electron chi connectivity index (χ2n) is 7.93. The van der Waals surface area contributed by atoms with Crippen molar-refractivity contribution in [2.75, 3.05) is 25.0 Å². The number of carbonyl (C=O) groups excluding carboxylic acids is 1. The van der Waals surface area contributed by atoms with Gasteiger partial charge in [0.05, 0.1) is 17.4 Å². The molecule has 0 aromatic heterocycles. The standard InChI is InChI=1S/C23H30N2O4S/c1-5-29-22-9-8-21(14-18(22)4)30(27,28)25-10-6-7-19(15-25)23(26)24-20-12-16(2)11-17(3)13-20/h8-9,11-14,19H,5-7,10,15H2,1-4H3,(H,24,26)/t19-/m0/s1. The van der Waals surface area contributed by atoms with Crippen molar-refractivity contribution in [1.82, 2.24) is 4.31 Å². The van der Waals surface area contributed by atoms with Crippen LogP contribution in [0.25, 0.3) is 0 Å². The average molecular weight is 431 g/mol. The summed E-state index contributed by atoms with van der Waals surface area (Å²) >= 11 is 0. The zero-order valence-electron chi connectivity index (χ0n) is 18.1. The number of carbonyl (C=O) groups is 1. The highest BCUT2D eigenvalue weighted by atomic mass is 32.2. The Morgan fingerprint density at radius 3 is 2.47 bits per heavy atom. The van der Waals surface area contributed by atoms with Crippen LogP contribution < -0.4 is 10.1 Å². The predicted molar refractivity (Wildman–Crippen MR) is 118 cm³/mol. The van der Waals surface area contributed by atoms with Gasteiger partial charge in [-0.05, 0) is 87.6 Å². The number of hydrogen-bond acceptors (Lipinski definition) is 4. The van der Waals surface area contributed by atoms with Crippen LogP contribution >= 0.6 is 0 Å². The van der Waals surface area contributed by atoms with E-state index in [0.29, 0.717) is 31.7 Å². The quantitative estimate of drug-likeness (QED) is 0.750. The Bertz CT molecular complexity index is 1010. The molecule has 7 heteroatoms. The number of sulfonamides is 1. The first-order valence-corrected chi connectivity index (χ1v) is 11.8. The number of benzene rings is 2. The van der Waals surface area contributed by atoms with Crippen molar-refractivity contribution < 1.29 is 17.9 Å². The molecule has 1 N–H and O–H groups in total. The molecule has 0 unspecified atom stereocenters. The van der Waals surface area contributed by atoms with E-state index in [1.54, 1.807) is 18.2 Å². The summed E-state index contributed by atoms with van der Waals surface area (Å²) in [6.45, 7) is 8.82. The van der Waals surface area contributed by atoms with Gasteiger partial charge < -0.3 is 10.1 Å². The SMILES string of the molecule is CCOc1ccc(S(=O)(=O)N2CCC[C@H](C(=O)Nc3cc(C)cc(C)c3)C2)cc1C. The topological polar surface area (TPSA) is 75.7 Å². The second kappa shape index (κ2) is 9.18. The summed E-state index contributed by atoms with van der Waals surface area (Å²) in [4.78, 5) is 13.1. The minimum absolute atomic E-state index is 0.136. The number of ether oxygens (including phenoxy) is 1. The third-order valence-electron chi connectivity index (χ3n) is 5.33. The van der Waals surface area contributed by atoms with E-state index in [4.69, 9.17) is 4.74 Å². The minimum atomic E-state index is -3.67. The Morgan fingerprint density at radius 1 is 1.13 bits per heavy atom. The van der Waals surface area contributed by atoms with Crippen molar-refractivity contribution >= 4 is 21.6 Å². The first-order chi connectivity index (χ1) is 14.2. The van der Waals surface area contributed by atoms with Crippen molar-refractivity contribution in [2.45, 2.75) is 45.4 Å². The fourth-order valence-corrected chi connectivity index (χ4v) is 5.52. The van der Waals surface area contributed by atoms with Gasteiger partial charge in [0.15, 0.2) is 0 Å². The predicted octanol–water partition coefficient (Wildman–Crippen LogP) is 4.05. The Hall–Kier alpha value is -2.38. The van der Waals surface area contributed by atoms with E-state index in [0.717, 1.165) is 22.4 Å². The molecule has 1 aliphatic heterocycles. The van der Waals surface area contributed by atoms with Crippen LogP contribution in [0.3, 0.4) is 0 Å². The molecule has 0 radical (unpaired) electrons. The van der Waals surface area contributed by atoms with Crippen molar-refractivity contribution in [2.24, 2.45) is 5.92 Å². The van der Waals surface area contributed by atoms with E-state index in [1.807, 2.05) is 45.9 Å². The molecule has 6 nitrogen and oxygen atoms in total. The number of anilines is 1. The smallest absolute Gasteiger partial charge is 0.243 e. The van der Waals surface area contributed by atoms with Gasteiger partial charge in [-0.3, -0.25) is 4.79 Å². The molecule has 1 aliphatic rings. The Morgan fingerprint density at radius 2 is 1.83 bits per heavy atom. The lowest BCUT2D eigenvalue weighted by Gasteiger charge is -2.31. The maximum Gasteiger partial charge on any atom is 0.243 e. The third kappa shape index (κ3) is 5.02. The number of nitrogens with one attached hydrogen (secondary N) is 1. The van der Waals surface area contributed by atoms with E-state index < -0.39 is 10.0 Å². The highest BCUT2D eigenvalue weighted by Crippen LogP contribution is 2.28. The summed E-state index contributed by atoms with van der Waals surface area (Å²) in [5.41, 5.74) is 3.67. The number of piperidine rings is 1. The molecule has 30 heavy (non-hydrogen) atoms. The number of amides is 1. The molecule has 1 saturated heterocycles. The van der Waals surface area contributed by atoms with Gasteiger partial charge in [-0.1, -0.05) is 6.07 Å². The Kier molecular flexibility index (Phi) is 6.83. The zero-order chi connectivity index (χ0) is 21.9. The molecule has 1 atom stereocenters. The molecule has 0 saturated carbocycles. The van der Waals surface area contributed by atoms with Gasteiger partial charge in [0, 0.05) is 18.8 Å². The first kappa shape index (κ1) is 22.3. The van der Waals surface area contributed by atoms with E-state index in [2.05, 4.69) is 5.32 Å². The van der Waals surface area contributed by atoms with E-state index >= 15 is 0 Å². The van der Waals surface area contributed by atoms with Crippen LogP contribution in [0, 0.1) is 26.7 Å². The van der Waals surface area contributed by atoms with Crippen LogP contribution in [-0.2, 0) is 14.8 Å². The van der Waals surface area contributed by atoms with Crippen LogP contribution in [0.5, 0.6) is 5.75 Å². The molecular formula is C23H30N2O4S. The number of rotatable bonds is 6. The van der Waals surface area contributed by atoms with Crippen molar-refractivity contribution in [3.63, 3.8) is 0 Å². The number of aryl methyl sites for hydroxylation is 3. The molecule has 162 valence electrons. The molecule has 0 aliphatic carbocycles. The zero-order valence-corrected chi connectivity index (χ0v) is 18.9. The second-order valence-corrected chi connectivity index (χ2v) is 9.87. The molecule has 1 heterocycles. The largest absolute Gasteiger partial charge is 0.494 e. The van der Waals surface area contributed by atoms with Crippen LogP contribution in [0.15, 0.2) is 41.3 Å². The summed E-state index contributed by atoms with van der Waals surface area (Å²) in [5, 5.41) is 2.96.